The second-order valence-corrected chi connectivity index (χ2v) is 5.63. The first-order valence-corrected chi connectivity index (χ1v) is 8.72. The predicted molar refractivity (Wildman–Crippen MR) is 88.8 cm³/mol. The molecule has 0 radical (unpaired) electrons. The average molecular weight is 268 g/mol. The summed E-state index contributed by atoms with van der Waals surface area (Å²) in [4.78, 5) is 2.63. The summed E-state index contributed by atoms with van der Waals surface area (Å²) < 4.78 is 0. The van der Waals surface area contributed by atoms with Crippen molar-refractivity contribution in [3.8, 4) is 0 Å². The highest BCUT2D eigenvalue weighted by molar-refractivity contribution is 4.79. The third-order valence-electron chi connectivity index (χ3n) is 3.58. The van der Waals surface area contributed by atoms with Crippen molar-refractivity contribution < 1.29 is 0 Å². The van der Waals surface area contributed by atoms with E-state index < -0.39 is 0 Å². The van der Waals surface area contributed by atoms with Crippen LogP contribution in [0.3, 0.4) is 0 Å². The highest BCUT2D eigenvalue weighted by Crippen LogP contribution is 2.08. The van der Waals surface area contributed by atoms with E-state index in [1.807, 2.05) is 0 Å². The molecule has 0 atom stereocenters. The lowest BCUT2D eigenvalue weighted by atomic mass is 10.1. The quantitative estimate of drug-likeness (QED) is 0.284. The van der Waals surface area contributed by atoms with Gasteiger partial charge in [-0.1, -0.05) is 58.6 Å². The summed E-state index contributed by atoms with van der Waals surface area (Å²) >= 11 is 0. The Kier molecular flexibility index (Phi) is 15.5. The maximum Gasteiger partial charge on any atom is -0.00187 e. The highest BCUT2D eigenvalue weighted by atomic mass is 15.1. The van der Waals surface area contributed by atoms with Gasteiger partial charge in [-0.3, -0.25) is 0 Å². The van der Waals surface area contributed by atoms with Gasteiger partial charge in [-0.25, -0.2) is 0 Å². The van der Waals surface area contributed by atoms with Gasteiger partial charge in [-0.2, -0.15) is 0 Å². The van der Waals surface area contributed by atoms with Crippen LogP contribution in [0, 0.1) is 0 Å². The maximum atomic E-state index is 2.63. The fourth-order valence-corrected chi connectivity index (χ4v) is 2.56. The number of rotatable bonds is 14. The van der Waals surface area contributed by atoms with Crippen LogP contribution in [0.5, 0.6) is 0 Å². The molecule has 0 rings (SSSR count). The zero-order chi connectivity index (χ0) is 14.2. The van der Waals surface area contributed by atoms with E-state index in [4.69, 9.17) is 0 Å². The fraction of sp³-hybridized carbons (Fsp3) is 0.889. The van der Waals surface area contributed by atoms with E-state index >= 15 is 0 Å². The van der Waals surface area contributed by atoms with Gasteiger partial charge in [0.05, 0.1) is 0 Å². The van der Waals surface area contributed by atoms with Gasteiger partial charge in [-0.15, -0.1) is 0 Å². The summed E-state index contributed by atoms with van der Waals surface area (Å²) in [6, 6.07) is 0. The Balaban J connectivity index is 3.26. The van der Waals surface area contributed by atoms with Gasteiger partial charge in [0.2, 0.25) is 0 Å². The lowest BCUT2D eigenvalue weighted by Gasteiger charge is -2.20. The van der Waals surface area contributed by atoms with E-state index in [0.29, 0.717) is 0 Å². The Labute approximate surface area is 122 Å². The smallest absolute Gasteiger partial charge is 0.00187 e. The van der Waals surface area contributed by atoms with Gasteiger partial charge < -0.3 is 4.90 Å². The number of hydrogen-bond donors (Lipinski definition) is 0. The Morgan fingerprint density at radius 3 is 1.79 bits per heavy atom. The van der Waals surface area contributed by atoms with Crippen LogP contribution in [0.2, 0.25) is 0 Å². The molecule has 114 valence electrons. The van der Waals surface area contributed by atoms with Crippen molar-refractivity contribution in [1.82, 2.24) is 4.90 Å². The third-order valence-corrected chi connectivity index (χ3v) is 3.58. The molecule has 0 aliphatic carbocycles. The fourth-order valence-electron chi connectivity index (χ4n) is 2.56. The molecule has 0 aromatic heterocycles. The first kappa shape index (κ1) is 18.7. The average Bonchev–Trinajstić information content (AvgIpc) is 2.41. The number of unbranched alkanes of at least 4 members (excludes halogenated alkanes) is 6. The van der Waals surface area contributed by atoms with Crippen molar-refractivity contribution >= 4 is 0 Å². The molecule has 0 unspecified atom stereocenters. The molecule has 0 heterocycles. The Morgan fingerprint density at radius 2 is 1.21 bits per heavy atom. The van der Waals surface area contributed by atoms with Crippen molar-refractivity contribution in [3.63, 3.8) is 0 Å². The molecule has 0 aromatic rings. The van der Waals surface area contributed by atoms with Crippen LogP contribution in [0.4, 0.5) is 0 Å². The molecule has 1 heteroatoms. The maximum absolute atomic E-state index is 2.63. The van der Waals surface area contributed by atoms with Gasteiger partial charge in [0, 0.05) is 0 Å². The van der Waals surface area contributed by atoms with Crippen molar-refractivity contribution in [2.75, 3.05) is 19.6 Å². The van der Waals surface area contributed by atoms with Crippen LogP contribution >= 0.6 is 0 Å². The first-order chi connectivity index (χ1) is 9.35. The van der Waals surface area contributed by atoms with Crippen LogP contribution < -0.4 is 0 Å². The SMILES string of the molecule is CC/C=C/CCCCCCCCN(CCC)CCC. The summed E-state index contributed by atoms with van der Waals surface area (Å²) in [7, 11) is 0. The van der Waals surface area contributed by atoms with Crippen LogP contribution in [0.1, 0.15) is 85.0 Å². The molecular weight excluding hydrogens is 230 g/mol. The second kappa shape index (κ2) is 15.8. The van der Waals surface area contributed by atoms with Crippen molar-refractivity contribution in [2.24, 2.45) is 0 Å². The summed E-state index contributed by atoms with van der Waals surface area (Å²) in [5.74, 6) is 0. The van der Waals surface area contributed by atoms with Crippen LogP contribution in [-0.4, -0.2) is 24.5 Å². The molecule has 1 nitrogen and oxygen atoms in total. The van der Waals surface area contributed by atoms with Gasteiger partial charge in [0.1, 0.15) is 0 Å². The molecule has 19 heavy (non-hydrogen) atoms. The zero-order valence-electron chi connectivity index (χ0n) is 13.8. The minimum Gasteiger partial charge on any atom is -0.303 e. The molecule has 0 fully saturated rings. The molecule has 0 spiro atoms. The van der Waals surface area contributed by atoms with Crippen molar-refractivity contribution in [3.05, 3.63) is 12.2 Å². The normalized spacial score (nSPS) is 11.8. The molecule has 0 aliphatic rings. The summed E-state index contributed by atoms with van der Waals surface area (Å²) in [5.41, 5.74) is 0. The Morgan fingerprint density at radius 1 is 0.632 bits per heavy atom. The van der Waals surface area contributed by atoms with Gasteiger partial charge in [0.25, 0.3) is 0 Å². The molecule has 0 saturated heterocycles. The minimum atomic E-state index is 1.19. The Bertz CT molecular complexity index is 180. The summed E-state index contributed by atoms with van der Waals surface area (Å²) in [5, 5.41) is 0. The van der Waals surface area contributed by atoms with Gasteiger partial charge in [-0.05, 0) is 58.2 Å². The standard InChI is InChI=1S/C18H37N/c1-4-7-8-9-10-11-12-13-14-15-18-19(16-5-2)17-6-3/h7-8H,4-6,9-18H2,1-3H3/b8-7+. The monoisotopic (exact) mass is 267 g/mol. The van der Waals surface area contributed by atoms with Crippen LogP contribution in [-0.2, 0) is 0 Å². The second-order valence-electron chi connectivity index (χ2n) is 5.63. The lowest BCUT2D eigenvalue weighted by molar-refractivity contribution is 0.267. The zero-order valence-corrected chi connectivity index (χ0v) is 13.8. The number of hydrogen-bond acceptors (Lipinski definition) is 1. The van der Waals surface area contributed by atoms with E-state index in [2.05, 4.69) is 37.8 Å². The topological polar surface area (TPSA) is 3.24 Å². The van der Waals surface area contributed by atoms with Crippen LogP contribution in [0.15, 0.2) is 12.2 Å². The van der Waals surface area contributed by atoms with E-state index in [1.165, 1.54) is 83.8 Å². The van der Waals surface area contributed by atoms with E-state index in [1.54, 1.807) is 0 Å². The molecule has 0 saturated carbocycles. The number of allylic oxidation sites excluding steroid dienone is 2. The Hall–Kier alpha value is -0.300. The molecule has 0 amide bonds. The van der Waals surface area contributed by atoms with Gasteiger partial charge >= 0.3 is 0 Å². The van der Waals surface area contributed by atoms with Crippen molar-refractivity contribution in [2.45, 2.75) is 85.0 Å². The molecule has 0 aromatic carbocycles. The van der Waals surface area contributed by atoms with E-state index in [-0.39, 0.29) is 0 Å². The first-order valence-electron chi connectivity index (χ1n) is 8.72. The summed E-state index contributed by atoms with van der Waals surface area (Å²) in [6.45, 7) is 10.7. The predicted octanol–water partition coefficient (Wildman–Crippen LogP) is 5.81. The van der Waals surface area contributed by atoms with Crippen molar-refractivity contribution in [1.29, 1.82) is 0 Å². The minimum absolute atomic E-state index is 1.19. The lowest BCUT2D eigenvalue weighted by Crippen LogP contribution is -2.26. The molecular formula is C18H37N. The highest BCUT2D eigenvalue weighted by Gasteiger charge is 2.01. The molecule has 0 N–H and O–H groups in total. The van der Waals surface area contributed by atoms with E-state index in [9.17, 15) is 0 Å². The van der Waals surface area contributed by atoms with Gasteiger partial charge in [0.15, 0.2) is 0 Å². The number of nitrogens with zero attached hydrogens (tertiary/aromatic N) is 1. The summed E-state index contributed by atoms with van der Waals surface area (Å²) in [6.07, 6.45) is 18.2. The van der Waals surface area contributed by atoms with Crippen LogP contribution in [0.25, 0.3) is 0 Å². The van der Waals surface area contributed by atoms with E-state index in [0.717, 1.165) is 0 Å². The molecule has 0 bridgehead atoms. The third kappa shape index (κ3) is 13.9. The largest absolute Gasteiger partial charge is 0.303 e. The molecule has 0 aliphatic heterocycles.